The fraction of sp³-hybridized carbons (Fsp3) is 0.346. The molecule has 2 fully saturated rings. The monoisotopic (exact) mass is 526 g/mol. The summed E-state index contributed by atoms with van der Waals surface area (Å²) in [7, 11) is 0. The van der Waals surface area contributed by atoms with Gasteiger partial charge in [-0.15, -0.1) is 0 Å². The Morgan fingerprint density at radius 2 is 1.79 bits per heavy atom. The van der Waals surface area contributed by atoms with Crippen molar-refractivity contribution >= 4 is 39.9 Å². The molecule has 1 saturated heterocycles. The highest BCUT2D eigenvalue weighted by Crippen LogP contribution is 2.38. The minimum Gasteiger partial charge on any atom is -0.490 e. The zero-order valence-electron chi connectivity index (χ0n) is 19.2. The average Bonchev–Trinajstić information content (AvgIpc) is 3.32. The first-order valence-corrected chi connectivity index (χ1v) is 12.2. The quantitative estimate of drug-likeness (QED) is 0.398. The average molecular weight is 527 g/mol. The number of imide groups is 2. The highest BCUT2D eigenvalue weighted by atomic mass is 79.9. The molecular formula is C26H27BrN2O5. The molecule has 0 bridgehead atoms. The zero-order valence-corrected chi connectivity index (χ0v) is 20.8. The number of carbonyl (C=O) groups is 3. The van der Waals surface area contributed by atoms with Crippen molar-refractivity contribution in [1.82, 2.24) is 10.2 Å². The van der Waals surface area contributed by atoms with Gasteiger partial charge in [-0.1, -0.05) is 42.7 Å². The summed E-state index contributed by atoms with van der Waals surface area (Å²) in [5.41, 5.74) is 2.70. The van der Waals surface area contributed by atoms with Crippen LogP contribution in [0.25, 0.3) is 6.08 Å². The van der Waals surface area contributed by atoms with E-state index < -0.39 is 17.8 Å². The lowest BCUT2D eigenvalue weighted by Crippen LogP contribution is -2.57. The number of halogens is 1. The third-order valence-electron chi connectivity index (χ3n) is 5.97. The molecule has 2 aromatic rings. The topological polar surface area (TPSA) is 84.9 Å². The van der Waals surface area contributed by atoms with Gasteiger partial charge in [0.05, 0.1) is 11.1 Å². The van der Waals surface area contributed by atoms with Crippen LogP contribution in [0.5, 0.6) is 11.5 Å². The van der Waals surface area contributed by atoms with Crippen molar-refractivity contribution in [1.29, 1.82) is 0 Å². The summed E-state index contributed by atoms with van der Waals surface area (Å²) in [6, 6.07) is 10.7. The minimum atomic E-state index is -0.696. The van der Waals surface area contributed by atoms with Crippen LogP contribution in [0, 0.1) is 6.92 Å². The molecule has 0 unspecified atom stereocenters. The molecule has 1 saturated carbocycles. The number of nitrogens with one attached hydrogen (secondary N) is 1. The smallest absolute Gasteiger partial charge is 0.331 e. The van der Waals surface area contributed by atoms with Crippen molar-refractivity contribution in [2.75, 3.05) is 6.61 Å². The van der Waals surface area contributed by atoms with Crippen LogP contribution in [-0.2, 0) is 16.2 Å². The lowest BCUT2D eigenvalue weighted by Gasteiger charge is -2.31. The highest BCUT2D eigenvalue weighted by Gasteiger charge is 2.40. The number of amides is 4. The molecule has 0 radical (unpaired) electrons. The second-order valence-corrected chi connectivity index (χ2v) is 9.32. The molecule has 1 heterocycles. The van der Waals surface area contributed by atoms with Gasteiger partial charge in [-0.25, -0.2) is 4.79 Å². The van der Waals surface area contributed by atoms with Crippen molar-refractivity contribution in [3.8, 4) is 11.5 Å². The largest absolute Gasteiger partial charge is 0.490 e. The van der Waals surface area contributed by atoms with E-state index in [1.165, 1.54) is 16.5 Å². The van der Waals surface area contributed by atoms with Gasteiger partial charge in [0.1, 0.15) is 12.2 Å². The van der Waals surface area contributed by atoms with Gasteiger partial charge in [-0.05, 0) is 72.0 Å². The molecule has 1 N–H and O–H groups in total. The molecule has 4 rings (SSSR count). The van der Waals surface area contributed by atoms with Gasteiger partial charge < -0.3 is 9.47 Å². The lowest BCUT2D eigenvalue weighted by atomic mass is 10.0. The summed E-state index contributed by atoms with van der Waals surface area (Å²) >= 11 is 3.54. The SMILES string of the molecule is CCOc1cc(/C=C2\C(=O)NC(=O)N(C3CCCC3)C2=O)cc(Br)c1OCc1ccc(C)cc1. The van der Waals surface area contributed by atoms with Crippen molar-refractivity contribution in [2.24, 2.45) is 0 Å². The molecule has 178 valence electrons. The minimum absolute atomic E-state index is 0.0748. The van der Waals surface area contributed by atoms with Gasteiger partial charge in [0, 0.05) is 6.04 Å². The van der Waals surface area contributed by atoms with Crippen LogP contribution >= 0.6 is 15.9 Å². The second-order valence-electron chi connectivity index (χ2n) is 8.47. The standard InChI is InChI=1S/C26H27BrN2O5/c1-3-33-22-14-18(13-21(27)23(22)34-15-17-10-8-16(2)9-11-17)12-20-24(30)28-26(32)29(25(20)31)19-6-4-5-7-19/h8-14,19H,3-7,15H2,1-2H3,(H,28,30,32)/b20-12+. The number of rotatable bonds is 7. The number of hydrogen-bond donors (Lipinski definition) is 1. The van der Waals surface area contributed by atoms with Crippen LogP contribution < -0.4 is 14.8 Å². The maximum Gasteiger partial charge on any atom is 0.331 e. The van der Waals surface area contributed by atoms with E-state index in [1.807, 2.05) is 38.1 Å². The number of urea groups is 1. The molecule has 4 amide bonds. The van der Waals surface area contributed by atoms with Crippen molar-refractivity contribution in [2.45, 2.75) is 52.2 Å². The number of benzene rings is 2. The van der Waals surface area contributed by atoms with E-state index in [2.05, 4.69) is 21.2 Å². The Labute approximate surface area is 207 Å². The molecule has 0 spiro atoms. The predicted molar refractivity (Wildman–Crippen MR) is 131 cm³/mol. The molecule has 1 aliphatic carbocycles. The number of barbiturate groups is 1. The zero-order chi connectivity index (χ0) is 24.2. The Hall–Kier alpha value is -3.13. The molecule has 2 aromatic carbocycles. The Bertz CT molecular complexity index is 1140. The third kappa shape index (κ3) is 5.17. The number of aryl methyl sites for hydroxylation is 1. The second kappa shape index (κ2) is 10.4. The fourth-order valence-electron chi connectivity index (χ4n) is 4.25. The predicted octanol–water partition coefficient (Wildman–Crippen LogP) is 5.14. The molecule has 0 aromatic heterocycles. The summed E-state index contributed by atoms with van der Waals surface area (Å²) in [5.74, 6) is -0.234. The summed E-state index contributed by atoms with van der Waals surface area (Å²) in [6.45, 7) is 4.67. The lowest BCUT2D eigenvalue weighted by molar-refractivity contribution is -0.131. The van der Waals surface area contributed by atoms with Gasteiger partial charge in [0.15, 0.2) is 11.5 Å². The van der Waals surface area contributed by atoms with Crippen LogP contribution in [0.1, 0.15) is 49.3 Å². The van der Waals surface area contributed by atoms with E-state index in [-0.39, 0.29) is 11.6 Å². The van der Waals surface area contributed by atoms with Crippen LogP contribution in [0.4, 0.5) is 4.79 Å². The van der Waals surface area contributed by atoms with Crippen molar-refractivity contribution in [3.63, 3.8) is 0 Å². The summed E-state index contributed by atoms with van der Waals surface area (Å²) in [6.07, 6.45) is 4.93. The summed E-state index contributed by atoms with van der Waals surface area (Å²) < 4.78 is 12.5. The Kier molecular flexibility index (Phi) is 7.36. The van der Waals surface area contributed by atoms with Gasteiger partial charge in [0.25, 0.3) is 11.8 Å². The first-order chi connectivity index (χ1) is 16.4. The molecule has 7 nitrogen and oxygen atoms in total. The van der Waals surface area contributed by atoms with E-state index >= 15 is 0 Å². The molecule has 0 atom stereocenters. The van der Waals surface area contributed by atoms with E-state index in [9.17, 15) is 14.4 Å². The number of carbonyl (C=O) groups excluding carboxylic acids is 3. The van der Waals surface area contributed by atoms with Crippen molar-refractivity contribution in [3.05, 3.63) is 63.1 Å². The van der Waals surface area contributed by atoms with Gasteiger partial charge in [-0.3, -0.25) is 19.8 Å². The fourth-order valence-corrected chi connectivity index (χ4v) is 4.82. The van der Waals surface area contributed by atoms with Crippen LogP contribution in [0.15, 0.2) is 46.4 Å². The molecule has 1 aliphatic heterocycles. The number of nitrogens with zero attached hydrogens (tertiary/aromatic N) is 1. The Morgan fingerprint density at radius 1 is 1.09 bits per heavy atom. The van der Waals surface area contributed by atoms with E-state index in [0.29, 0.717) is 34.7 Å². The van der Waals surface area contributed by atoms with Crippen LogP contribution in [0.3, 0.4) is 0 Å². The molecule has 2 aliphatic rings. The first-order valence-electron chi connectivity index (χ1n) is 11.4. The number of hydrogen-bond acceptors (Lipinski definition) is 5. The van der Waals surface area contributed by atoms with Crippen LogP contribution in [-0.4, -0.2) is 35.4 Å². The normalized spacial score (nSPS) is 17.9. The van der Waals surface area contributed by atoms with E-state index in [1.54, 1.807) is 12.1 Å². The van der Waals surface area contributed by atoms with E-state index in [4.69, 9.17) is 9.47 Å². The molecular weight excluding hydrogens is 500 g/mol. The van der Waals surface area contributed by atoms with E-state index in [0.717, 1.165) is 31.2 Å². The van der Waals surface area contributed by atoms with Crippen molar-refractivity contribution < 1.29 is 23.9 Å². The summed E-state index contributed by atoms with van der Waals surface area (Å²) in [5, 5.41) is 2.31. The maximum atomic E-state index is 13.1. The number of ether oxygens (including phenoxy) is 2. The highest BCUT2D eigenvalue weighted by molar-refractivity contribution is 9.10. The molecule has 8 heteroatoms. The Morgan fingerprint density at radius 3 is 2.47 bits per heavy atom. The Balaban J connectivity index is 1.61. The van der Waals surface area contributed by atoms with Gasteiger partial charge in [0.2, 0.25) is 0 Å². The maximum absolute atomic E-state index is 13.1. The van der Waals surface area contributed by atoms with Gasteiger partial charge in [-0.2, -0.15) is 0 Å². The summed E-state index contributed by atoms with van der Waals surface area (Å²) in [4.78, 5) is 39.1. The third-order valence-corrected chi connectivity index (χ3v) is 6.56. The van der Waals surface area contributed by atoms with Crippen LogP contribution in [0.2, 0.25) is 0 Å². The van der Waals surface area contributed by atoms with Gasteiger partial charge >= 0.3 is 6.03 Å². The first kappa shape index (κ1) is 24.0. The molecule has 34 heavy (non-hydrogen) atoms.